The molecule has 2 heterocycles. The highest BCUT2D eigenvalue weighted by atomic mass is 32.2. The number of hydrogen-bond acceptors (Lipinski definition) is 6. The number of nitrogens with one attached hydrogen (secondary N) is 2. The van der Waals surface area contributed by atoms with Crippen LogP contribution in [0.1, 0.15) is 31.7 Å². The summed E-state index contributed by atoms with van der Waals surface area (Å²) in [6.45, 7) is 2.75. The van der Waals surface area contributed by atoms with Crippen LogP contribution in [-0.2, 0) is 26.2 Å². The second kappa shape index (κ2) is 10.0. The second-order valence-corrected chi connectivity index (χ2v) is 10.3. The molecule has 4 rings (SSSR count). The first-order valence-electron chi connectivity index (χ1n) is 11.3. The lowest BCUT2D eigenvalue weighted by Gasteiger charge is -2.31. The number of hydrogen-bond donors (Lipinski definition) is 2. The zero-order chi connectivity index (χ0) is 24.3. The molecule has 0 aromatic heterocycles. The average Bonchev–Trinajstić information content (AvgIpc) is 2.86. The normalized spacial score (nSPS) is 19.0. The second-order valence-electron chi connectivity index (χ2n) is 8.41. The van der Waals surface area contributed by atoms with Crippen molar-refractivity contribution in [1.82, 2.24) is 9.62 Å². The predicted molar refractivity (Wildman–Crippen MR) is 126 cm³/mol. The van der Waals surface area contributed by atoms with E-state index in [1.165, 1.54) is 16.4 Å². The number of carbonyl (C=O) groups excluding carboxylic acids is 2. The van der Waals surface area contributed by atoms with Gasteiger partial charge < -0.3 is 20.1 Å². The summed E-state index contributed by atoms with van der Waals surface area (Å²) in [6.07, 6.45) is 0.825. The number of sulfonamides is 1. The number of amides is 2. The van der Waals surface area contributed by atoms with Gasteiger partial charge in [-0.2, -0.15) is 4.31 Å². The summed E-state index contributed by atoms with van der Waals surface area (Å²) in [4.78, 5) is 24.8. The first kappa shape index (κ1) is 24.0. The predicted octanol–water partition coefficient (Wildman–Crippen LogP) is 2.52. The standard InChI is InChI=1S/C24H29N3O6S/c1-3-21-24(29)26-20-14-19(8-9-22(20)33-21)34(30,31)27-12-10-17(11-13-27)23(28)25-15-16-4-6-18(32-2)7-5-16/h4-9,14,17,21H,3,10-13,15H2,1-2H3,(H,25,28)(H,26,29)/t21-/m0/s1. The fourth-order valence-corrected chi connectivity index (χ4v) is 5.64. The van der Waals surface area contributed by atoms with Crippen molar-refractivity contribution in [2.75, 3.05) is 25.5 Å². The van der Waals surface area contributed by atoms with Crippen molar-refractivity contribution in [3.8, 4) is 11.5 Å². The lowest BCUT2D eigenvalue weighted by molar-refractivity contribution is -0.126. The number of nitrogens with zero attached hydrogens (tertiary/aromatic N) is 1. The van der Waals surface area contributed by atoms with Crippen LogP contribution in [-0.4, -0.2) is 50.8 Å². The van der Waals surface area contributed by atoms with E-state index in [-0.39, 0.29) is 35.7 Å². The summed E-state index contributed by atoms with van der Waals surface area (Å²) in [5, 5.41) is 5.66. The molecule has 0 bridgehead atoms. The summed E-state index contributed by atoms with van der Waals surface area (Å²) in [6, 6.07) is 12.0. The molecule has 2 aromatic carbocycles. The van der Waals surface area contributed by atoms with Gasteiger partial charge in [0.1, 0.15) is 11.5 Å². The van der Waals surface area contributed by atoms with Gasteiger partial charge in [-0.3, -0.25) is 9.59 Å². The molecule has 0 spiro atoms. The Morgan fingerprint density at radius 1 is 1.18 bits per heavy atom. The van der Waals surface area contributed by atoms with Crippen molar-refractivity contribution >= 4 is 27.5 Å². The molecule has 10 heteroatoms. The molecule has 2 amide bonds. The highest BCUT2D eigenvalue weighted by Gasteiger charge is 2.33. The molecule has 2 aliphatic heterocycles. The largest absolute Gasteiger partial charge is 0.497 e. The smallest absolute Gasteiger partial charge is 0.265 e. The molecule has 1 atom stereocenters. The lowest BCUT2D eigenvalue weighted by Crippen LogP contribution is -2.43. The van der Waals surface area contributed by atoms with E-state index in [1.807, 2.05) is 31.2 Å². The molecule has 2 aliphatic rings. The molecular formula is C24H29N3O6S. The minimum Gasteiger partial charge on any atom is -0.497 e. The summed E-state index contributed by atoms with van der Waals surface area (Å²) < 4.78 is 38.5. The Hall–Kier alpha value is -3.11. The molecule has 0 radical (unpaired) electrons. The third-order valence-electron chi connectivity index (χ3n) is 6.23. The van der Waals surface area contributed by atoms with E-state index < -0.39 is 16.1 Å². The quantitative estimate of drug-likeness (QED) is 0.620. The van der Waals surface area contributed by atoms with Gasteiger partial charge in [0, 0.05) is 25.6 Å². The van der Waals surface area contributed by atoms with Crippen LogP contribution in [0.25, 0.3) is 0 Å². The molecule has 0 aliphatic carbocycles. The van der Waals surface area contributed by atoms with Crippen molar-refractivity contribution in [3.05, 3.63) is 48.0 Å². The molecule has 182 valence electrons. The van der Waals surface area contributed by atoms with E-state index in [0.29, 0.717) is 37.2 Å². The maximum absolute atomic E-state index is 13.2. The highest BCUT2D eigenvalue weighted by molar-refractivity contribution is 7.89. The van der Waals surface area contributed by atoms with E-state index in [9.17, 15) is 18.0 Å². The number of carbonyl (C=O) groups is 2. The minimum atomic E-state index is -3.76. The van der Waals surface area contributed by atoms with Crippen LogP contribution >= 0.6 is 0 Å². The van der Waals surface area contributed by atoms with Gasteiger partial charge in [0.05, 0.1) is 17.7 Å². The Kier molecular flexibility index (Phi) is 7.08. The van der Waals surface area contributed by atoms with Crippen LogP contribution in [0.2, 0.25) is 0 Å². The lowest BCUT2D eigenvalue weighted by atomic mass is 9.97. The van der Waals surface area contributed by atoms with Crippen LogP contribution < -0.4 is 20.1 Å². The van der Waals surface area contributed by atoms with Crippen molar-refractivity contribution in [1.29, 1.82) is 0 Å². The third-order valence-corrected chi connectivity index (χ3v) is 8.12. The maximum Gasteiger partial charge on any atom is 0.265 e. The molecule has 9 nitrogen and oxygen atoms in total. The van der Waals surface area contributed by atoms with Gasteiger partial charge in [0.15, 0.2) is 6.10 Å². The number of fused-ring (bicyclic) bond motifs is 1. The van der Waals surface area contributed by atoms with Crippen LogP contribution in [0, 0.1) is 5.92 Å². The topological polar surface area (TPSA) is 114 Å². The van der Waals surface area contributed by atoms with Crippen molar-refractivity contribution in [2.24, 2.45) is 5.92 Å². The molecule has 0 unspecified atom stereocenters. The number of anilines is 1. The molecule has 1 fully saturated rings. The van der Waals surface area contributed by atoms with E-state index in [4.69, 9.17) is 9.47 Å². The Morgan fingerprint density at radius 3 is 2.53 bits per heavy atom. The molecular weight excluding hydrogens is 458 g/mol. The fraction of sp³-hybridized carbons (Fsp3) is 0.417. The molecule has 34 heavy (non-hydrogen) atoms. The monoisotopic (exact) mass is 487 g/mol. The summed E-state index contributed by atoms with van der Waals surface area (Å²) >= 11 is 0. The van der Waals surface area contributed by atoms with Crippen LogP contribution in [0.3, 0.4) is 0 Å². The van der Waals surface area contributed by atoms with E-state index in [0.717, 1.165) is 11.3 Å². The Bertz CT molecular complexity index is 1160. The number of rotatable bonds is 7. The summed E-state index contributed by atoms with van der Waals surface area (Å²) in [7, 11) is -2.16. The average molecular weight is 488 g/mol. The molecule has 2 aromatic rings. The highest BCUT2D eigenvalue weighted by Crippen LogP contribution is 2.34. The summed E-state index contributed by atoms with van der Waals surface area (Å²) in [5.74, 6) is 0.602. The molecule has 2 N–H and O–H groups in total. The van der Waals surface area contributed by atoms with Gasteiger partial charge in [-0.25, -0.2) is 8.42 Å². The van der Waals surface area contributed by atoms with Crippen LogP contribution in [0.4, 0.5) is 5.69 Å². The molecule has 0 saturated carbocycles. The fourth-order valence-electron chi connectivity index (χ4n) is 4.14. The Morgan fingerprint density at radius 2 is 1.88 bits per heavy atom. The zero-order valence-electron chi connectivity index (χ0n) is 19.2. The summed E-state index contributed by atoms with van der Waals surface area (Å²) in [5.41, 5.74) is 1.31. The maximum atomic E-state index is 13.2. The van der Waals surface area contributed by atoms with Crippen molar-refractivity contribution in [2.45, 2.75) is 43.7 Å². The van der Waals surface area contributed by atoms with E-state index in [2.05, 4.69) is 10.6 Å². The van der Waals surface area contributed by atoms with Crippen LogP contribution in [0.5, 0.6) is 11.5 Å². The minimum absolute atomic E-state index is 0.0769. The Balaban J connectivity index is 1.34. The number of benzene rings is 2. The third kappa shape index (κ3) is 5.02. The van der Waals surface area contributed by atoms with Gasteiger partial charge in [-0.15, -0.1) is 0 Å². The van der Waals surface area contributed by atoms with Gasteiger partial charge in [0.2, 0.25) is 15.9 Å². The SMILES string of the molecule is CC[C@@H]1Oc2ccc(S(=O)(=O)N3CCC(C(=O)NCc4ccc(OC)cc4)CC3)cc2NC1=O. The van der Waals surface area contributed by atoms with E-state index >= 15 is 0 Å². The number of methoxy groups -OCH3 is 1. The Labute approximate surface area is 199 Å². The van der Waals surface area contributed by atoms with Crippen LogP contribution in [0.15, 0.2) is 47.4 Å². The first-order chi connectivity index (χ1) is 16.3. The van der Waals surface area contributed by atoms with Gasteiger partial charge in [0.25, 0.3) is 5.91 Å². The number of piperidine rings is 1. The van der Waals surface area contributed by atoms with Crippen molar-refractivity contribution in [3.63, 3.8) is 0 Å². The van der Waals surface area contributed by atoms with Gasteiger partial charge in [-0.05, 0) is 55.2 Å². The van der Waals surface area contributed by atoms with Crippen molar-refractivity contribution < 1.29 is 27.5 Å². The zero-order valence-corrected chi connectivity index (χ0v) is 20.1. The van der Waals surface area contributed by atoms with Gasteiger partial charge in [-0.1, -0.05) is 19.1 Å². The first-order valence-corrected chi connectivity index (χ1v) is 12.8. The van der Waals surface area contributed by atoms with E-state index in [1.54, 1.807) is 13.2 Å². The number of ether oxygens (including phenoxy) is 2. The molecule has 1 saturated heterocycles. The van der Waals surface area contributed by atoms with Gasteiger partial charge >= 0.3 is 0 Å².